The summed E-state index contributed by atoms with van der Waals surface area (Å²) < 4.78 is 13.2. The van der Waals surface area contributed by atoms with E-state index in [9.17, 15) is 14.0 Å². The van der Waals surface area contributed by atoms with Crippen molar-refractivity contribution in [3.05, 3.63) is 12.2 Å². The second-order valence-electron chi connectivity index (χ2n) is 2.68. The molecule has 0 aromatic rings. The summed E-state index contributed by atoms with van der Waals surface area (Å²) >= 11 is 0. The fourth-order valence-electron chi connectivity index (χ4n) is 1.20. The molecule has 0 spiro atoms. The van der Waals surface area contributed by atoms with Crippen LogP contribution in [0.4, 0.5) is 4.39 Å². The van der Waals surface area contributed by atoms with Crippen LogP contribution in [0.1, 0.15) is 12.8 Å². The highest BCUT2D eigenvalue weighted by atomic mass is 19.1. The Morgan fingerprint density at radius 2 is 2.09 bits per heavy atom. The minimum Gasteiger partial charge on any atom is -0.299 e. The monoisotopic (exact) mass is 156 g/mol. The third-order valence-corrected chi connectivity index (χ3v) is 1.94. The van der Waals surface area contributed by atoms with Crippen molar-refractivity contribution in [1.82, 2.24) is 0 Å². The molecule has 0 radical (unpaired) electrons. The van der Waals surface area contributed by atoms with Crippen molar-refractivity contribution in [3.63, 3.8) is 0 Å². The Morgan fingerprint density at radius 1 is 1.45 bits per heavy atom. The van der Waals surface area contributed by atoms with Crippen LogP contribution in [-0.4, -0.2) is 18.2 Å². The second kappa shape index (κ2) is 2.95. The summed E-state index contributed by atoms with van der Waals surface area (Å²) in [6.07, 6.45) is 4.83. The molecule has 1 rings (SSSR count). The lowest BCUT2D eigenvalue weighted by molar-refractivity contribution is -0.130. The van der Waals surface area contributed by atoms with Crippen LogP contribution in [0.25, 0.3) is 0 Å². The largest absolute Gasteiger partial charge is 0.299 e. The van der Waals surface area contributed by atoms with E-state index in [4.69, 9.17) is 0 Å². The molecule has 0 amide bonds. The van der Waals surface area contributed by atoms with E-state index in [0.717, 1.165) is 6.42 Å². The number of hydrogen-bond acceptors (Lipinski definition) is 2. The van der Waals surface area contributed by atoms with E-state index in [1.54, 1.807) is 12.2 Å². The van der Waals surface area contributed by atoms with E-state index in [-0.39, 0.29) is 12.6 Å². The highest BCUT2D eigenvalue weighted by Gasteiger charge is 2.38. The van der Waals surface area contributed by atoms with E-state index in [2.05, 4.69) is 0 Å². The highest BCUT2D eigenvalue weighted by molar-refractivity contribution is 5.88. The fraction of sp³-hybridized carbons (Fsp3) is 0.500. The van der Waals surface area contributed by atoms with Gasteiger partial charge in [-0.05, 0) is 12.8 Å². The average Bonchev–Trinajstić information content (AvgIpc) is 2.55. The lowest BCUT2D eigenvalue weighted by Gasteiger charge is -2.16. The topological polar surface area (TPSA) is 34.1 Å². The van der Waals surface area contributed by atoms with Crippen LogP contribution in [0.3, 0.4) is 0 Å². The van der Waals surface area contributed by atoms with Gasteiger partial charge in [-0.2, -0.15) is 0 Å². The smallest absolute Gasteiger partial charge is 0.226 e. The quantitative estimate of drug-likeness (QED) is 0.348. The number of aldehydes is 2. The van der Waals surface area contributed by atoms with E-state index in [1.807, 2.05) is 0 Å². The summed E-state index contributed by atoms with van der Waals surface area (Å²) in [6, 6.07) is 0. The molecular formula is C8H9FO2. The van der Waals surface area contributed by atoms with Crippen molar-refractivity contribution in [3.8, 4) is 0 Å². The van der Waals surface area contributed by atoms with Gasteiger partial charge in [0, 0.05) is 5.92 Å². The molecule has 60 valence electrons. The van der Waals surface area contributed by atoms with Gasteiger partial charge >= 0.3 is 0 Å². The molecule has 11 heavy (non-hydrogen) atoms. The van der Waals surface area contributed by atoms with Gasteiger partial charge < -0.3 is 0 Å². The molecule has 0 bridgehead atoms. The summed E-state index contributed by atoms with van der Waals surface area (Å²) in [7, 11) is 0. The number of carbonyl (C=O) groups excluding carboxylic acids is 2. The molecule has 0 saturated heterocycles. The minimum absolute atomic E-state index is 0.0837. The van der Waals surface area contributed by atoms with Crippen LogP contribution < -0.4 is 0 Å². The van der Waals surface area contributed by atoms with E-state index in [0.29, 0.717) is 6.42 Å². The number of hydrogen-bond donors (Lipinski definition) is 0. The van der Waals surface area contributed by atoms with Gasteiger partial charge in [0.15, 0.2) is 12.6 Å². The Balaban J connectivity index is 2.75. The van der Waals surface area contributed by atoms with Gasteiger partial charge in [0.1, 0.15) is 0 Å². The van der Waals surface area contributed by atoms with Crippen LogP contribution >= 0.6 is 0 Å². The molecule has 0 aromatic carbocycles. The standard InChI is InChI=1S/C8H9FO2/c9-8(5-10,6-11)7-3-1-2-4-7/h1,3,5-7H,2,4H2/t7-/m1/s1. The molecular weight excluding hydrogens is 147 g/mol. The Bertz CT molecular complexity index is 190. The maximum Gasteiger partial charge on any atom is 0.226 e. The lowest BCUT2D eigenvalue weighted by Crippen LogP contribution is -2.34. The highest BCUT2D eigenvalue weighted by Crippen LogP contribution is 2.28. The molecule has 0 heterocycles. The van der Waals surface area contributed by atoms with Crippen LogP contribution in [0.15, 0.2) is 12.2 Å². The zero-order valence-corrected chi connectivity index (χ0v) is 6.00. The van der Waals surface area contributed by atoms with Crippen molar-refractivity contribution in [2.75, 3.05) is 0 Å². The molecule has 1 aliphatic carbocycles. The number of halogens is 1. The van der Waals surface area contributed by atoms with Crippen molar-refractivity contribution in [2.24, 2.45) is 5.92 Å². The molecule has 0 fully saturated rings. The first kappa shape index (κ1) is 8.11. The predicted molar refractivity (Wildman–Crippen MR) is 37.8 cm³/mol. The Hall–Kier alpha value is -0.990. The van der Waals surface area contributed by atoms with Crippen molar-refractivity contribution in [1.29, 1.82) is 0 Å². The Morgan fingerprint density at radius 3 is 2.45 bits per heavy atom. The number of allylic oxidation sites excluding steroid dienone is 2. The molecule has 0 aliphatic heterocycles. The third-order valence-electron chi connectivity index (χ3n) is 1.94. The van der Waals surface area contributed by atoms with E-state index in [1.165, 1.54) is 0 Å². The number of rotatable bonds is 3. The molecule has 0 aromatic heterocycles. The Labute approximate surface area is 64.1 Å². The third kappa shape index (κ3) is 1.37. The van der Waals surface area contributed by atoms with Crippen LogP contribution in [-0.2, 0) is 9.59 Å². The molecule has 0 N–H and O–H groups in total. The zero-order chi connectivity index (χ0) is 8.32. The van der Waals surface area contributed by atoms with Gasteiger partial charge in [-0.1, -0.05) is 12.2 Å². The minimum atomic E-state index is -2.28. The second-order valence-corrected chi connectivity index (χ2v) is 2.68. The average molecular weight is 156 g/mol. The summed E-state index contributed by atoms with van der Waals surface area (Å²) in [5.74, 6) is -0.544. The van der Waals surface area contributed by atoms with Crippen molar-refractivity contribution >= 4 is 12.6 Å². The lowest BCUT2D eigenvalue weighted by atomic mass is 9.91. The molecule has 3 heteroatoms. The van der Waals surface area contributed by atoms with Crippen molar-refractivity contribution in [2.45, 2.75) is 18.5 Å². The Kier molecular flexibility index (Phi) is 2.17. The number of alkyl halides is 1. The predicted octanol–water partition coefficient (Wildman–Crippen LogP) is 1.06. The first-order valence-electron chi connectivity index (χ1n) is 3.51. The summed E-state index contributed by atoms with van der Waals surface area (Å²) in [4.78, 5) is 20.4. The number of carbonyl (C=O) groups is 2. The molecule has 1 aliphatic rings. The van der Waals surface area contributed by atoms with Gasteiger partial charge in [-0.15, -0.1) is 0 Å². The maximum atomic E-state index is 13.2. The first-order valence-corrected chi connectivity index (χ1v) is 3.51. The van der Waals surface area contributed by atoms with Gasteiger partial charge in [0.05, 0.1) is 0 Å². The summed E-state index contributed by atoms with van der Waals surface area (Å²) in [5, 5.41) is 0. The van der Waals surface area contributed by atoms with Gasteiger partial charge in [0.2, 0.25) is 5.67 Å². The first-order chi connectivity index (χ1) is 5.23. The summed E-state index contributed by atoms with van der Waals surface area (Å²) in [6.45, 7) is 0. The van der Waals surface area contributed by atoms with E-state index < -0.39 is 11.6 Å². The summed E-state index contributed by atoms with van der Waals surface area (Å²) in [5.41, 5.74) is -2.28. The van der Waals surface area contributed by atoms with Crippen LogP contribution in [0, 0.1) is 5.92 Å². The molecule has 1 atom stereocenters. The van der Waals surface area contributed by atoms with Crippen LogP contribution in [0.2, 0.25) is 0 Å². The van der Waals surface area contributed by atoms with Crippen LogP contribution in [0.5, 0.6) is 0 Å². The van der Waals surface area contributed by atoms with Gasteiger partial charge in [-0.3, -0.25) is 9.59 Å². The maximum absolute atomic E-state index is 13.2. The molecule has 2 nitrogen and oxygen atoms in total. The fourth-order valence-corrected chi connectivity index (χ4v) is 1.20. The van der Waals surface area contributed by atoms with Gasteiger partial charge in [0.25, 0.3) is 0 Å². The SMILES string of the molecule is O=CC(F)(C=O)[C@@H]1C=CCC1. The normalized spacial score (nSPS) is 23.5. The molecule has 0 saturated carbocycles. The zero-order valence-electron chi connectivity index (χ0n) is 6.00. The van der Waals surface area contributed by atoms with Crippen molar-refractivity contribution < 1.29 is 14.0 Å². The molecule has 0 unspecified atom stereocenters. The van der Waals surface area contributed by atoms with Gasteiger partial charge in [-0.25, -0.2) is 4.39 Å². The van der Waals surface area contributed by atoms with E-state index >= 15 is 0 Å².